The van der Waals surface area contributed by atoms with Crippen LogP contribution in [-0.4, -0.2) is 7.11 Å². The van der Waals surface area contributed by atoms with Gasteiger partial charge in [-0.05, 0) is 37.1 Å². The number of benzene rings is 2. The van der Waals surface area contributed by atoms with Gasteiger partial charge in [-0.2, -0.15) is 0 Å². The molecule has 2 aromatic carbocycles. The number of ether oxygens (including phenoxy) is 1. The van der Waals surface area contributed by atoms with Crippen LogP contribution in [0.15, 0.2) is 39.5 Å². The minimum atomic E-state index is -0.554. The molecule has 0 spiro atoms. The highest BCUT2D eigenvalue weighted by Gasteiger charge is 2.20. The number of hydrogen-bond acceptors (Lipinski definition) is 3. The molecule has 0 saturated carbocycles. The number of hydrogen-bond donors (Lipinski definition) is 0. The van der Waals surface area contributed by atoms with Gasteiger partial charge in [0.05, 0.1) is 23.1 Å². The molecule has 3 nitrogen and oxygen atoms in total. The SMILES string of the molecule is CCc1cc2c(=O)c(-c3c(F)cccc3Cl)c(C)oc2cc1OC. The van der Waals surface area contributed by atoms with Gasteiger partial charge in [0.1, 0.15) is 22.9 Å². The summed E-state index contributed by atoms with van der Waals surface area (Å²) >= 11 is 6.12. The summed E-state index contributed by atoms with van der Waals surface area (Å²) in [5.74, 6) is 0.413. The predicted molar refractivity (Wildman–Crippen MR) is 93.6 cm³/mol. The molecule has 0 aliphatic rings. The van der Waals surface area contributed by atoms with Gasteiger partial charge < -0.3 is 9.15 Å². The molecular formula is C19H16ClFO3. The molecule has 3 rings (SSSR count). The van der Waals surface area contributed by atoms with Crippen molar-refractivity contribution in [2.24, 2.45) is 0 Å². The number of methoxy groups -OCH3 is 1. The quantitative estimate of drug-likeness (QED) is 0.659. The van der Waals surface area contributed by atoms with Crippen LogP contribution in [0, 0.1) is 12.7 Å². The number of halogens is 2. The van der Waals surface area contributed by atoms with E-state index in [9.17, 15) is 9.18 Å². The minimum Gasteiger partial charge on any atom is -0.496 e. The van der Waals surface area contributed by atoms with Crippen LogP contribution in [0.2, 0.25) is 5.02 Å². The molecule has 1 aromatic heterocycles. The maximum Gasteiger partial charge on any atom is 0.200 e. The van der Waals surface area contributed by atoms with Crippen LogP contribution in [0.3, 0.4) is 0 Å². The first kappa shape index (κ1) is 16.5. The zero-order valence-corrected chi connectivity index (χ0v) is 14.3. The summed E-state index contributed by atoms with van der Waals surface area (Å²) in [6.45, 7) is 3.59. The summed E-state index contributed by atoms with van der Waals surface area (Å²) in [5, 5.41) is 0.557. The Kier molecular flexibility index (Phi) is 4.33. The Labute approximate surface area is 143 Å². The summed E-state index contributed by atoms with van der Waals surface area (Å²) in [6.07, 6.45) is 0.697. The van der Waals surface area contributed by atoms with Crippen molar-refractivity contribution in [1.29, 1.82) is 0 Å². The third kappa shape index (κ3) is 2.57. The minimum absolute atomic E-state index is 0.0705. The molecule has 3 aromatic rings. The van der Waals surface area contributed by atoms with Crippen molar-refractivity contribution in [3.8, 4) is 16.9 Å². The first-order valence-electron chi connectivity index (χ1n) is 7.56. The van der Waals surface area contributed by atoms with Gasteiger partial charge in [-0.25, -0.2) is 4.39 Å². The lowest BCUT2D eigenvalue weighted by atomic mass is 10.00. The molecule has 0 N–H and O–H groups in total. The van der Waals surface area contributed by atoms with Crippen LogP contribution in [0.5, 0.6) is 5.75 Å². The second-order valence-corrected chi connectivity index (χ2v) is 5.88. The zero-order valence-electron chi connectivity index (χ0n) is 13.6. The van der Waals surface area contributed by atoms with Gasteiger partial charge in [0, 0.05) is 11.6 Å². The Hall–Kier alpha value is -2.33. The van der Waals surface area contributed by atoms with Gasteiger partial charge in [0.15, 0.2) is 0 Å². The maximum absolute atomic E-state index is 14.3. The van der Waals surface area contributed by atoms with Crippen LogP contribution in [0.1, 0.15) is 18.2 Å². The number of rotatable bonds is 3. The van der Waals surface area contributed by atoms with E-state index in [-0.39, 0.29) is 21.6 Å². The zero-order chi connectivity index (χ0) is 17.4. The largest absolute Gasteiger partial charge is 0.496 e. The molecule has 1 heterocycles. The van der Waals surface area contributed by atoms with E-state index in [1.165, 1.54) is 12.1 Å². The Morgan fingerprint density at radius 2 is 2.00 bits per heavy atom. The second kappa shape index (κ2) is 6.29. The Balaban J connectivity index is 2.41. The molecule has 0 atom stereocenters. The monoisotopic (exact) mass is 346 g/mol. The summed E-state index contributed by atoms with van der Waals surface area (Å²) in [6, 6.07) is 7.75. The normalized spacial score (nSPS) is 11.0. The standard InChI is InChI=1S/C19H16ClFO3/c1-4-11-8-12-16(9-15(11)23-3)24-10(2)17(19(12)22)18-13(20)6-5-7-14(18)21/h5-9H,4H2,1-3H3. The molecular weight excluding hydrogens is 331 g/mol. The molecule has 0 bridgehead atoms. The Morgan fingerprint density at radius 3 is 2.62 bits per heavy atom. The number of aryl methyl sites for hydroxylation is 2. The van der Waals surface area contributed by atoms with Gasteiger partial charge >= 0.3 is 0 Å². The highest BCUT2D eigenvalue weighted by atomic mass is 35.5. The van der Waals surface area contributed by atoms with Crippen molar-refractivity contribution < 1.29 is 13.5 Å². The van der Waals surface area contributed by atoms with Crippen molar-refractivity contribution in [3.63, 3.8) is 0 Å². The average Bonchev–Trinajstić information content (AvgIpc) is 2.56. The molecule has 0 amide bonds. The highest BCUT2D eigenvalue weighted by molar-refractivity contribution is 6.33. The van der Waals surface area contributed by atoms with E-state index in [1.54, 1.807) is 32.2 Å². The van der Waals surface area contributed by atoms with Crippen LogP contribution in [-0.2, 0) is 6.42 Å². The van der Waals surface area contributed by atoms with Crippen LogP contribution < -0.4 is 10.2 Å². The van der Waals surface area contributed by atoms with E-state index < -0.39 is 5.82 Å². The van der Waals surface area contributed by atoms with E-state index in [1.807, 2.05) is 6.92 Å². The van der Waals surface area contributed by atoms with Crippen molar-refractivity contribution in [3.05, 3.63) is 62.7 Å². The summed E-state index contributed by atoms with van der Waals surface area (Å²) < 4.78 is 25.4. The van der Waals surface area contributed by atoms with Gasteiger partial charge in [0.25, 0.3) is 0 Å². The Bertz CT molecular complexity index is 972. The van der Waals surface area contributed by atoms with Crippen LogP contribution in [0.4, 0.5) is 4.39 Å². The van der Waals surface area contributed by atoms with Gasteiger partial charge in [-0.15, -0.1) is 0 Å². The molecule has 0 saturated heterocycles. The Morgan fingerprint density at radius 1 is 1.25 bits per heavy atom. The topological polar surface area (TPSA) is 39.4 Å². The van der Waals surface area contributed by atoms with Crippen LogP contribution in [0.25, 0.3) is 22.1 Å². The summed E-state index contributed by atoms with van der Waals surface area (Å²) in [7, 11) is 1.57. The van der Waals surface area contributed by atoms with Crippen molar-refractivity contribution in [2.45, 2.75) is 20.3 Å². The molecule has 0 fully saturated rings. The maximum atomic E-state index is 14.3. The fraction of sp³-hybridized carbons (Fsp3) is 0.211. The lowest BCUT2D eigenvalue weighted by Crippen LogP contribution is -2.09. The molecule has 5 heteroatoms. The fourth-order valence-electron chi connectivity index (χ4n) is 2.87. The molecule has 0 aliphatic carbocycles. The summed E-state index contributed by atoms with van der Waals surface area (Å²) in [5.41, 5.74) is 1.20. The van der Waals surface area contributed by atoms with Gasteiger partial charge in [0.2, 0.25) is 5.43 Å². The van der Waals surface area contributed by atoms with Crippen molar-refractivity contribution in [2.75, 3.05) is 7.11 Å². The second-order valence-electron chi connectivity index (χ2n) is 5.47. The van der Waals surface area contributed by atoms with E-state index in [4.69, 9.17) is 20.8 Å². The van der Waals surface area contributed by atoms with E-state index in [2.05, 4.69) is 0 Å². The molecule has 24 heavy (non-hydrogen) atoms. The molecule has 0 unspecified atom stereocenters. The van der Waals surface area contributed by atoms with Gasteiger partial charge in [-0.3, -0.25) is 4.79 Å². The third-order valence-corrected chi connectivity index (χ3v) is 4.38. The molecule has 0 radical (unpaired) electrons. The average molecular weight is 347 g/mol. The van der Waals surface area contributed by atoms with Crippen molar-refractivity contribution >= 4 is 22.6 Å². The molecule has 124 valence electrons. The fourth-order valence-corrected chi connectivity index (χ4v) is 3.13. The first-order valence-corrected chi connectivity index (χ1v) is 7.94. The molecule has 0 aliphatic heterocycles. The van der Waals surface area contributed by atoms with E-state index in [0.717, 1.165) is 5.56 Å². The van der Waals surface area contributed by atoms with Gasteiger partial charge in [-0.1, -0.05) is 24.6 Å². The van der Waals surface area contributed by atoms with E-state index >= 15 is 0 Å². The van der Waals surface area contributed by atoms with Crippen molar-refractivity contribution in [1.82, 2.24) is 0 Å². The lowest BCUT2D eigenvalue weighted by molar-refractivity contribution is 0.409. The highest BCUT2D eigenvalue weighted by Crippen LogP contribution is 2.33. The predicted octanol–water partition coefficient (Wildman–Crippen LogP) is 5.13. The first-order chi connectivity index (χ1) is 11.5. The van der Waals surface area contributed by atoms with E-state index in [0.29, 0.717) is 28.9 Å². The van der Waals surface area contributed by atoms with Crippen LogP contribution >= 0.6 is 11.6 Å². The number of fused-ring (bicyclic) bond motifs is 1. The smallest absolute Gasteiger partial charge is 0.200 e. The lowest BCUT2D eigenvalue weighted by Gasteiger charge is -2.12. The third-order valence-electron chi connectivity index (χ3n) is 4.06. The summed E-state index contributed by atoms with van der Waals surface area (Å²) in [4.78, 5) is 13.0.